The summed E-state index contributed by atoms with van der Waals surface area (Å²) >= 11 is 3.29. The molecule has 6 nitrogen and oxygen atoms in total. The number of benzene rings is 2. The molecule has 2 aromatic rings. The van der Waals surface area contributed by atoms with Crippen LogP contribution < -0.4 is 4.74 Å². The van der Waals surface area contributed by atoms with Crippen LogP contribution in [0.5, 0.6) is 5.75 Å². The van der Waals surface area contributed by atoms with E-state index in [4.69, 9.17) is 4.74 Å². The zero-order valence-electron chi connectivity index (χ0n) is 16.0. The number of nitrogens with zero attached hydrogens (tertiary/aromatic N) is 2. The Labute approximate surface area is 178 Å². The van der Waals surface area contributed by atoms with Crippen molar-refractivity contribution < 1.29 is 22.3 Å². The Balaban J connectivity index is 1.55. The quantitative estimate of drug-likeness (QED) is 0.631. The van der Waals surface area contributed by atoms with Crippen molar-refractivity contribution in [3.05, 3.63) is 58.3 Å². The van der Waals surface area contributed by atoms with Gasteiger partial charge in [-0.05, 0) is 42.3 Å². The molecule has 3 rings (SSSR count). The molecular weight excluding hydrogens is 463 g/mol. The van der Waals surface area contributed by atoms with E-state index in [0.29, 0.717) is 29.5 Å². The molecule has 29 heavy (non-hydrogen) atoms. The molecule has 1 fully saturated rings. The number of hydrogen-bond donors (Lipinski definition) is 0. The fraction of sp³-hybridized carbons (Fsp3) is 0.350. The van der Waals surface area contributed by atoms with Gasteiger partial charge in [0.1, 0.15) is 0 Å². The van der Waals surface area contributed by atoms with E-state index in [1.165, 1.54) is 17.5 Å². The van der Waals surface area contributed by atoms with E-state index < -0.39 is 15.8 Å². The van der Waals surface area contributed by atoms with E-state index in [0.717, 1.165) is 0 Å². The summed E-state index contributed by atoms with van der Waals surface area (Å²) in [6.07, 6.45) is 0.653. The van der Waals surface area contributed by atoms with Gasteiger partial charge in [-0.2, -0.15) is 4.31 Å². The predicted octanol–water partition coefficient (Wildman–Crippen LogP) is 3.06. The van der Waals surface area contributed by atoms with Gasteiger partial charge in [0.15, 0.2) is 11.6 Å². The van der Waals surface area contributed by atoms with Gasteiger partial charge in [-0.15, -0.1) is 0 Å². The number of rotatable bonds is 6. The maximum absolute atomic E-state index is 13.8. The van der Waals surface area contributed by atoms with E-state index in [-0.39, 0.29) is 36.1 Å². The molecule has 0 aromatic heterocycles. The summed E-state index contributed by atoms with van der Waals surface area (Å²) in [5, 5.41) is 0. The summed E-state index contributed by atoms with van der Waals surface area (Å²) in [6.45, 7) is 1.17. The van der Waals surface area contributed by atoms with Gasteiger partial charge in [0, 0.05) is 37.1 Å². The predicted molar refractivity (Wildman–Crippen MR) is 111 cm³/mol. The lowest BCUT2D eigenvalue weighted by Gasteiger charge is -2.34. The molecule has 1 aliphatic heterocycles. The van der Waals surface area contributed by atoms with Crippen molar-refractivity contribution in [1.82, 2.24) is 9.21 Å². The second-order valence-corrected chi connectivity index (χ2v) is 9.56. The molecule has 0 radical (unpaired) electrons. The van der Waals surface area contributed by atoms with Crippen LogP contribution in [0.2, 0.25) is 0 Å². The minimum Gasteiger partial charge on any atom is -0.494 e. The Morgan fingerprint density at radius 2 is 1.86 bits per heavy atom. The summed E-state index contributed by atoms with van der Waals surface area (Å²) in [5.41, 5.74) is 0.715. The lowest BCUT2D eigenvalue weighted by molar-refractivity contribution is -0.132. The zero-order chi connectivity index (χ0) is 21.0. The van der Waals surface area contributed by atoms with Crippen molar-refractivity contribution in [2.75, 3.05) is 33.3 Å². The third-order valence-electron chi connectivity index (χ3n) is 4.87. The van der Waals surface area contributed by atoms with Crippen LogP contribution in [0, 0.1) is 5.82 Å². The Morgan fingerprint density at radius 1 is 1.14 bits per heavy atom. The van der Waals surface area contributed by atoms with Gasteiger partial charge >= 0.3 is 0 Å². The highest BCUT2D eigenvalue weighted by Crippen LogP contribution is 2.22. The standard InChI is InChI=1S/C20H22BrFN2O4S/c1-28-19-7-5-15(13-18(19)22)6-8-20(25)23-9-11-24(12-10-23)29(26,27)17-4-2-3-16(21)14-17/h2-5,7,13-14H,6,8-12H2,1H3. The first-order valence-electron chi connectivity index (χ1n) is 9.17. The molecule has 0 spiro atoms. The summed E-state index contributed by atoms with van der Waals surface area (Å²) in [6, 6.07) is 11.2. The van der Waals surface area contributed by atoms with Crippen LogP contribution in [0.4, 0.5) is 4.39 Å². The molecule has 1 amide bonds. The van der Waals surface area contributed by atoms with Gasteiger partial charge in [-0.25, -0.2) is 12.8 Å². The summed E-state index contributed by atoms with van der Waals surface area (Å²) in [5.74, 6) is -0.354. The van der Waals surface area contributed by atoms with Crippen molar-refractivity contribution in [2.45, 2.75) is 17.7 Å². The third kappa shape index (κ3) is 5.15. The molecule has 0 N–H and O–H groups in total. The second-order valence-electron chi connectivity index (χ2n) is 6.71. The van der Waals surface area contributed by atoms with Crippen LogP contribution in [-0.4, -0.2) is 56.8 Å². The average Bonchev–Trinajstić information content (AvgIpc) is 2.72. The normalized spacial score (nSPS) is 15.3. The molecule has 1 heterocycles. The topological polar surface area (TPSA) is 66.9 Å². The molecule has 2 aromatic carbocycles. The number of carbonyl (C=O) groups is 1. The maximum atomic E-state index is 13.8. The molecule has 156 valence electrons. The fourth-order valence-corrected chi connectivity index (χ4v) is 5.25. The number of amides is 1. The Hall–Kier alpha value is -1.97. The van der Waals surface area contributed by atoms with E-state index >= 15 is 0 Å². The number of halogens is 2. The molecule has 0 aliphatic carbocycles. The molecule has 0 unspecified atom stereocenters. The van der Waals surface area contributed by atoms with Gasteiger partial charge in [0.2, 0.25) is 15.9 Å². The number of aryl methyl sites for hydroxylation is 1. The first kappa shape index (κ1) is 21.7. The molecule has 0 saturated carbocycles. The number of piperazine rings is 1. The van der Waals surface area contributed by atoms with Crippen LogP contribution in [-0.2, 0) is 21.2 Å². The summed E-state index contributed by atoms with van der Waals surface area (Å²) in [4.78, 5) is 14.4. The van der Waals surface area contributed by atoms with Gasteiger partial charge < -0.3 is 9.64 Å². The van der Waals surface area contributed by atoms with Gasteiger partial charge in [0.25, 0.3) is 0 Å². The highest BCUT2D eigenvalue weighted by atomic mass is 79.9. The first-order valence-corrected chi connectivity index (χ1v) is 11.4. The minimum atomic E-state index is -3.59. The molecule has 9 heteroatoms. The van der Waals surface area contributed by atoms with Crippen molar-refractivity contribution in [2.24, 2.45) is 0 Å². The van der Waals surface area contributed by atoms with Crippen LogP contribution in [0.3, 0.4) is 0 Å². The Kier molecular flexibility index (Phi) is 6.92. The van der Waals surface area contributed by atoms with E-state index in [9.17, 15) is 17.6 Å². The summed E-state index contributed by atoms with van der Waals surface area (Å²) < 4.78 is 46.3. The van der Waals surface area contributed by atoms with Crippen LogP contribution in [0.1, 0.15) is 12.0 Å². The smallest absolute Gasteiger partial charge is 0.243 e. The van der Waals surface area contributed by atoms with E-state index in [2.05, 4.69) is 15.9 Å². The average molecular weight is 485 g/mol. The molecule has 0 atom stereocenters. The van der Waals surface area contributed by atoms with Crippen molar-refractivity contribution >= 4 is 31.9 Å². The van der Waals surface area contributed by atoms with Crippen molar-refractivity contribution in [1.29, 1.82) is 0 Å². The lowest BCUT2D eigenvalue weighted by atomic mass is 10.1. The number of carbonyl (C=O) groups excluding carboxylic acids is 1. The maximum Gasteiger partial charge on any atom is 0.243 e. The van der Waals surface area contributed by atoms with Gasteiger partial charge in [-0.1, -0.05) is 28.1 Å². The molecule has 1 aliphatic rings. The van der Waals surface area contributed by atoms with Gasteiger partial charge in [0.05, 0.1) is 12.0 Å². The molecular formula is C20H22BrFN2O4S. The minimum absolute atomic E-state index is 0.0688. The van der Waals surface area contributed by atoms with Crippen molar-refractivity contribution in [3.63, 3.8) is 0 Å². The first-order chi connectivity index (χ1) is 13.8. The highest BCUT2D eigenvalue weighted by molar-refractivity contribution is 9.10. The Bertz CT molecular complexity index is 992. The SMILES string of the molecule is COc1ccc(CCC(=O)N2CCN(S(=O)(=O)c3cccc(Br)c3)CC2)cc1F. The largest absolute Gasteiger partial charge is 0.494 e. The van der Waals surface area contributed by atoms with Crippen LogP contribution >= 0.6 is 15.9 Å². The number of sulfonamides is 1. The van der Waals surface area contributed by atoms with E-state index in [1.54, 1.807) is 41.3 Å². The lowest BCUT2D eigenvalue weighted by Crippen LogP contribution is -2.50. The fourth-order valence-electron chi connectivity index (χ4n) is 3.23. The molecule has 0 bridgehead atoms. The number of ether oxygens (including phenoxy) is 1. The van der Waals surface area contributed by atoms with E-state index in [1.807, 2.05) is 0 Å². The third-order valence-corrected chi connectivity index (χ3v) is 7.26. The second kappa shape index (κ2) is 9.23. The van der Waals surface area contributed by atoms with Crippen LogP contribution in [0.25, 0.3) is 0 Å². The monoisotopic (exact) mass is 484 g/mol. The number of methoxy groups -OCH3 is 1. The van der Waals surface area contributed by atoms with Crippen LogP contribution in [0.15, 0.2) is 51.8 Å². The Morgan fingerprint density at radius 3 is 2.48 bits per heavy atom. The van der Waals surface area contributed by atoms with Crippen molar-refractivity contribution in [3.8, 4) is 5.75 Å². The summed E-state index contributed by atoms with van der Waals surface area (Å²) in [7, 11) is -2.19. The highest BCUT2D eigenvalue weighted by Gasteiger charge is 2.30. The molecule has 1 saturated heterocycles. The zero-order valence-corrected chi connectivity index (χ0v) is 18.4. The number of hydrogen-bond acceptors (Lipinski definition) is 4. The van der Waals surface area contributed by atoms with Gasteiger partial charge in [-0.3, -0.25) is 4.79 Å².